The molecule has 4 nitrogen and oxygen atoms in total. The molecule has 0 radical (unpaired) electrons. The van der Waals surface area contributed by atoms with Crippen LogP contribution >= 0.6 is 11.6 Å². The molecule has 2 aromatic carbocycles. The normalized spacial score (nSPS) is 13.2. The molecule has 5 heteroatoms. The molecule has 0 saturated heterocycles. The van der Waals surface area contributed by atoms with Gasteiger partial charge >= 0.3 is 5.97 Å². The Bertz CT molecular complexity index is 627. The Morgan fingerprint density at radius 2 is 1.78 bits per heavy atom. The number of aliphatic hydroxyl groups is 1. The van der Waals surface area contributed by atoms with Crippen LogP contribution in [0.5, 0.6) is 5.75 Å². The third-order valence-corrected chi connectivity index (χ3v) is 3.80. The molecular formula is C18H19ClO4. The molecule has 122 valence electrons. The second kappa shape index (κ2) is 7.99. The van der Waals surface area contributed by atoms with Crippen LogP contribution in [-0.4, -0.2) is 36.3 Å². The highest BCUT2D eigenvalue weighted by Crippen LogP contribution is 2.22. The largest absolute Gasteiger partial charge is 0.497 e. The van der Waals surface area contributed by atoms with Crippen molar-refractivity contribution in [1.82, 2.24) is 0 Å². The summed E-state index contributed by atoms with van der Waals surface area (Å²) in [7, 11) is 1.56. The van der Waals surface area contributed by atoms with Crippen molar-refractivity contribution in [3.63, 3.8) is 0 Å². The number of rotatable bonds is 7. The number of alkyl halides is 1. The van der Waals surface area contributed by atoms with E-state index in [0.29, 0.717) is 17.7 Å². The van der Waals surface area contributed by atoms with Crippen LogP contribution in [0.15, 0.2) is 54.6 Å². The number of carbonyl (C=O) groups excluding carboxylic acids is 1. The van der Waals surface area contributed by atoms with Gasteiger partial charge in [-0.05, 0) is 36.2 Å². The first-order valence-corrected chi connectivity index (χ1v) is 7.59. The lowest BCUT2D eigenvalue weighted by atomic mass is 10.00. The Kier molecular flexibility index (Phi) is 6.02. The van der Waals surface area contributed by atoms with Crippen molar-refractivity contribution in [2.24, 2.45) is 0 Å². The summed E-state index contributed by atoms with van der Waals surface area (Å²) in [5.41, 5.74) is 1.37. The van der Waals surface area contributed by atoms with E-state index in [1.54, 1.807) is 31.4 Å². The number of esters is 1. The monoisotopic (exact) mass is 334 g/mol. The van der Waals surface area contributed by atoms with Crippen LogP contribution < -0.4 is 4.74 Å². The molecule has 1 N–H and O–H groups in total. The number of aliphatic hydroxyl groups excluding tert-OH is 1. The maximum atomic E-state index is 12.1. The van der Waals surface area contributed by atoms with Crippen LogP contribution in [0, 0.1) is 0 Å². The molecule has 0 aromatic heterocycles. The molecule has 0 aliphatic rings. The fourth-order valence-corrected chi connectivity index (χ4v) is 2.33. The van der Waals surface area contributed by atoms with E-state index in [1.165, 1.54) is 0 Å². The Balaban J connectivity index is 1.97. The van der Waals surface area contributed by atoms with Gasteiger partial charge in [0, 0.05) is 0 Å². The van der Waals surface area contributed by atoms with E-state index >= 15 is 0 Å². The van der Waals surface area contributed by atoms with Crippen molar-refractivity contribution in [2.45, 2.75) is 11.3 Å². The Hall–Kier alpha value is -2.04. The maximum absolute atomic E-state index is 12.1. The molecule has 0 saturated carbocycles. The van der Waals surface area contributed by atoms with Gasteiger partial charge in [0.1, 0.15) is 17.2 Å². The number of ether oxygens (including phenoxy) is 2. The standard InChI is InChI=1S/C18H19ClO4/c1-22-16-9-7-15(8-10-16)17(21)23-13-18(19,12-20)11-14-5-3-2-4-6-14/h2-10,20H,11-13H2,1H3/t18-/m1/s1. The van der Waals surface area contributed by atoms with E-state index in [0.717, 1.165) is 5.56 Å². The number of hydrogen-bond acceptors (Lipinski definition) is 4. The summed E-state index contributed by atoms with van der Waals surface area (Å²) >= 11 is 6.39. The Morgan fingerprint density at radius 3 is 2.35 bits per heavy atom. The minimum atomic E-state index is -1.04. The van der Waals surface area contributed by atoms with Gasteiger partial charge in [0.2, 0.25) is 0 Å². The number of hydrogen-bond donors (Lipinski definition) is 1. The molecule has 0 aliphatic heterocycles. The first-order valence-electron chi connectivity index (χ1n) is 7.21. The molecule has 0 unspecified atom stereocenters. The van der Waals surface area contributed by atoms with Gasteiger partial charge in [-0.2, -0.15) is 0 Å². The van der Waals surface area contributed by atoms with E-state index in [1.807, 2.05) is 30.3 Å². The van der Waals surface area contributed by atoms with Gasteiger partial charge in [-0.25, -0.2) is 4.79 Å². The third kappa shape index (κ3) is 4.98. The zero-order chi connectivity index (χ0) is 16.7. The highest BCUT2D eigenvalue weighted by atomic mass is 35.5. The number of carbonyl (C=O) groups is 1. The molecule has 0 amide bonds. The highest BCUT2D eigenvalue weighted by Gasteiger charge is 2.29. The van der Waals surface area contributed by atoms with E-state index in [-0.39, 0.29) is 13.2 Å². The predicted octanol–water partition coefficient (Wildman–Crippen LogP) is 3.06. The third-order valence-electron chi connectivity index (χ3n) is 3.43. The first-order chi connectivity index (χ1) is 11.1. The van der Waals surface area contributed by atoms with Gasteiger partial charge in [0.15, 0.2) is 0 Å². The maximum Gasteiger partial charge on any atom is 0.338 e. The summed E-state index contributed by atoms with van der Waals surface area (Å²) in [6.07, 6.45) is 0.405. The lowest BCUT2D eigenvalue weighted by Gasteiger charge is -2.24. The molecule has 0 aliphatic carbocycles. The van der Waals surface area contributed by atoms with Gasteiger partial charge in [-0.15, -0.1) is 11.6 Å². The van der Waals surface area contributed by atoms with Gasteiger partial charge < -0.3 is 14.6 Å². The fraction of sp³-hybridized carbons (Fsp3) is 0.278. The summed E-state index contributed by atoms with van der Waals surface area (Å²) in [5, 5.41) is 9.56. The van der Waals surface area contributed by atoms with E-state index in [4.69, 9.17) is 21.1 Å². The second-order valence-electron chi connectivity index (χ2n) is 5.28. The van der Waals surface area contributed by atoms with Gasteiger partial charge in [0.25, 0.3) is 0 Å². The van der Waals surface area contributed by atoms with Crippen LogP contribution in [0.4, 0.5) is 0 Å². The van der Waals surface area contributed by atoms with Gasteiger partial charge in [-0.1, -0.05) is 30.3 Å². The minimum Gasteiger partial charge on any atom is -0.497 e. The smallest absolute Gasteiger partial charge is 0.338 e. The Morgan fingerprint density at radius 1 is 1.13 bits per heavy atom. The van der Waals surface area contributed by atoms with Crippen LogP contribution in [0.1, 0.15) is 15.9 Å². The molecule has 0 heterocycles. The van der Waals surface area contributed by atoms with Gasteiger partial charge in [0.05, 0.1) is 19.3 Å². The topological polar surface area (TPSA) is 55.8 Å². The Labute approximate surface area is 140 Å². The lowest BCUT2D eigenvalue weighted by molar-refractivity contribution is 0.0419. The first kappa shape index (κ1) is 17.3. The SMILES string of the molecule is COc1ccc(C(=O)OC[C@](Cl)(CO)Cc2ccccc2)cc1. The van der Waals surface area contributed by atoms with E-state index in [9.17, 15) is 9.90 Å². The molecular weight excluding hydrogens is 316 g/mol. The van der Waals surface area contributed by atoms with E-state index in [2.05, 4.69) is 0 Å². The molecule has 2 aromatic rings. The number of methoxy groups -OCH3 is 1. The molecule has 0 fully saturated rings. The summed E-state index contributed by atoms with van der Waals surface area (Å²) in [4.78, 5) is 11.0. The van der Waals surface area contributed by atoms with Crippen molar-refractivity contribution < 1.29 is 19.4 Å². The summed E-state index contributed by atoms with van der Waals surface area (Å²) in [6.45, 7) is -0.371. The highest BCUT2D eigenvalue weighted by molar-refractivity contribution is 6.24. The lowest BCUT2D eigenvalue weighted by Crippen LogP contribution is -2.36. The molecule has 1 atom stereocenters. The van der Waals surface area contributed by atoms with E-state index < -0.39 is 10.8 Å². The van der Waals surface area contributed by atoms with Crippen molar-refractivity contribution in [2.75, 3.05) is 20.3 Å². The molecule has 2 rings (SSSR count). The molecule has 0 bridgehead atoms. The zero-order valence-corrected chi connectivity index (χ0v) is 13.6. The zero-order valence-electron chi connectivity index (χ0n) is 12.9. The summed E-state index contributed by atoms with van der Waals surface area (Å²) < 4.78 is 10.3. The van der Waals surface area contributed by atoms with Crippen molar-refractivity contribution in [3.8, 4) is 5.75 Å². The average molecular weight is 335 g/mol. The summed E-state index contributed by atoms with van der Waals surface area (Å²) in [5.74, 6) is 0.173. The van der Waals surface area contributed by atoms with Crippen LogP contribution in [-0.2, 0) is 11.2 Å². The fourth-order valence-electron chi connectivity index (χ4n) is 2.12. The van der Waals surface area contributed by atoms with Crippen LogP contribution in [0.25, 0.3) is 0 Å². The van der Waals surface area contributed by atoms with Crippen molar-refractivity contribution >= 4 is 17.6 Å². The number of benzene rings is 2. The van der Waals surface area contributed by atoms with Crippen molar-refractivity contribution in [1.29, 1.82) is 0 Å². The van der Waals surface area contributed by atoms with Gasteiger partial charge in [-0.3, -0.25) is 0 Å². The predicted molar refractivity (Wildman–Crippen MR) is 89.1 cm³/mol. The quantitative estimate of drug-likeness (QED) is 0.624. The van der Waals surface area contributed by atoms with Crippen LogP contribution in [0.2, 0.25) is 0 Å². The summed E-state index contributed by atoms with van der Waals surface area (Å²) in [6, 6.07) is 16.1. The second-order valence-corrected chi connectivity index (χ2v) is 6.08. The molecule has 0 spiro atoms. The van der Waals surface area contributed by atoms with Crippen molar-refractivity contribution in [3.05, 3.63) is 65.7 Å². The average Bonchev–Trinajstić information content (AvgIpc) is 2.60. The number of halogens is 1. The minimum absolute atomic E-state index is 0.0786. The van der Waals surface area contributed by atoms with Crippen LogP contribution in [0.3, 0.4) is 0 Å². The molecule has 23 heavy (non-hydrogen) atoms.